The quantitative estimate of drug-likeness (QED) is 0.363. The van der Waals surface area contributed by atoms with Crippen molar-refractivity contribution in [2.24, 2.45) is 4.99 Å². The van der Waals surface area contributed by atoms with Gasteiger partial charge >= 0.3 is 213 Å². The topological polar surface area (TPSA) is 65.2 Å². The summed E-state index contributed by atoms with van der Waals surface area (Å²) in [6.45, 7) is 0. The van der Waals surface area contributed by atoms with E-state index in [4.69, 9.17) is 34.8 Å². The molecule has 1 aliphatic rings. The van der Waals surface area contributed by atoms with Gasteiger partial charge in [0, 0.05) is 0 Å². The van der Waals surface area contributed by atoms with Gasteiger partial charge in [-0.15, -0.1) is 0 Å². The summed E-state index contributed by atoms with van der Waals surface area (Å²) in [6, 6.07) is 31.7. The molecule has 2 atom stereocenters. The van der Waals surface area contributed by atoms with E-state index in [2.05, 4.69) is 16.4 Å². The molecule has 4 nitrogen and oxygen atoms in total. The third kappa shape index (κ3) is 4.78. The van der Waals surface area contributed by atoms with Gasteiger partial charge in [-0.2, -0.15) is 0 Å². The van der Waals surface area contributed by atoms with Crippen molar-refractivity contribution in [3.05, 3.63) is 91.0 Å². The molecule has 1 heterocycles. The summed E-state index contributed by atoms with van der Waals surface area (Å²) >= 11 is 19.5. The minimum absolute atomic E-state index is 0.348. The van der Waals surface area contributed by atoms with Crippen molar-refractivity contribution < 1.29 is 4.79 Å². The monoisotopic (exact) mass is 533 g/mol. The molecule has 2 unspecified atom stereocenters. The van der Waals surface area contributed by atoms with Crippen LogP contribution in [-0.2, 0) is 0 Å². The third-order valence-corrected chi connectivity index (χ3v) is 13.0. The number of rotatable bonds is 5. The second-order valence-corrected chi connectivity index (χ2v) is 14.8. The first-order valence-electron chi connectivity index (χ1n) is 10.1. The molecule has 3 aromatic carbocycles. The molecule has 0 aromatic heterocycles. The van der Waals surface area contributed by atoms with Crippen LogP contribution in [0.15, 0.2) is 96.0 Å². The first-order chi connectivity index (χ1) is 15.9. The Morgan fingerprint density at radius 3 is 1.67 bits per heavy atom. The van der Waals surface area contributed by atoms with Gasteiger partial charge < -0.3 is 0 Å². The molecule has 0 aliphatic carbocycles. The van der Waals surface area contributed by atoms with Crippen LogP contribution in [0.5, 0.6) is 0 Å². The maximum absolute atomic E-state index is 12.5. The molecule has 9 heteroatoms. The number of aliphatic imine (C=N–C) groups is 1. The Bertz CT molecular complexity index is 1100. The zero-order chi connectivity index (χ0) is 23.5. The number of carbonyl (C=O) groups is 1. The summed E-state index contributed by atoms with van der Waals surface area (Å²) in [7, 11) is -3.08. The molecule has 2 amide bonds. The Labute approximate surface area is 212 Å². The number of nitriles is 1. The van der Waals surface area contributed by atoms with Crippen LogP contribution in [0.1, 0.15) is 0 Å². The van der Waals surface area contributed by atoms with E-state index in [1.54, 1.807) is 0 Å². The number of nitrogens with one attached hydrogen (secondary N) is 1. The fourth-order valence-corrected chi connectivity index (χ4v) is 11.1. The number of hydrogen-bond donors (Lipinski definition) is 1. The molecular formula is C24H19Cl3N3OPS. The van der Waals surface area contributed by atoms with Crippen LogP contribution in [0.4, 0.5) is 4.79 Å². The first kappa shape index (κ1) is 24.1. The molecular weight excluding hydrogens is 516 g/mol. The van der Waals surface area contributed by atoms with Crippen molar-refractivity contribution in [1.29, 1.82) is 5.26 Å². The summed E-state index contributed by atoms with van der Waals surface area (Å²) in [5, 5.41) is 15.8. The van der Waals surface area contributed by atoms with E-state index in [1.807, 2.05) is 91.0 Å². The normalized spacial score (nSPS) is 17.9. The van der Waals surface area contributed by atoms with Crippen molar-refractivity contribution in [3.63, 3.8) is 0 Å². The SMILES string of the molecule is N#CC(C1=NC(=O)NC(C(Cl)(Cl)Cl)S1)[PH](c1ccccc1)(c1ccccc1)c1ccccc1. The average molecular weight is 535 g/mol. The number of thioether (sulfide) groups is 1. The van der Waals surface area contributed by atoms with E-state index in [-0.39, 0.29) is 0 Å². The second-order valence-electron chi connectivity index (χ2n) is 7.41. The van der Waals surface area contributed by atoms with Crippen LogP contribution in [0.25, 0.3) is 0 Å². The molecule has 4 rings (SSSR count). The van der Waals surface area contributed by atoms with Gasteiger partial charge in [0.1, 0.15) is 0 Å². The van der Waals surface area contributed by atoms with E-state index < -0.39 is 28.1 Å². The number of carbonyl (C=O) groups excluding carboxylic acids is 1. The summed E-state index contributed by atoms with van der Waals surface area (Å²) in [6.07, 6.45) is 0. The van der Waals surface area contributed by atoms with Gasteiger partial charge in [0.05, 0.1) is 0 Å². The van der Waals surface area contributed by atoms with Gasteiger partial charge in [-0.25, -0.2) is 0 Å². The Hall–Kier alpha value is -2.06. The van der Waals surface area contributed by atoms with Crippen LogP contribution >= 0.6 is 53.8 Å². The first-order valence-corrected chi connectivity index (χ1v) is 14.1. The summed E-state index contributed by atoms with van der Waals surface area (Å²) in [5.74, 6) is 0. The molecule has 1 aliphatic heterocycles. The number of benzene rings is 3. The van der Waals surface area contributed by atoms with Gasteiger partial charge in [-0.1, -0.05) is 0 Å². The average Bonchev–Trinajstić information content (AvgIpc) is 2.83. The minimum atomic E-state index is -3.08. The predicted molar refractivity (Wildman–Crippen MR) is 144 cm³/mol. The summed E-state index contributed by atoms with van der Waals surface area (Å²) < 4.78 is -1.77. The fourth-order valence-electron chi connectivity index (χ4n) is 4.14. The Balaban J connectivity index is 2.02. The summed E-state index contributed by atoms with van der Waals surface area (Å²) in [4.78, 5) is 16.7. The number of urea groups is 1. The number of amides is 2. The van der Waals surface area contributed by atoms with E-state index in [0.717, 1.165) is 27.7 Å². The fraction of sp³-hybridized carbons (Fsp3) is 0.125. The molecule has 168 valence electrons. The van der Waals surface area contributed by atoms with Gasteiger partial charge in [-0.3, -0.25) is 0 Å². The molecule has 0 saturated heterocycles. The Morgan fingerprint density at radius 1 is 0.879 bits per heavy atom. The van der Waals surface area contributed by atoms with Crippen LogP contribution < -0.4 is 21.2 Å². The molecule has 3 aromatic rings. The van der Waals surface area contributed by atoms with Crippen molar-refractivity contribution in [2.75, 3.05) is 0 Å². The van der Waals surface area contributed by atoms with E-state index >= 15 is 0 Å². The number of hydrogen-bond acceptors (Lipinski definition) is 3. The Morgan fingerprint density at radius 2 is 1.30 bits per heavy atom. The van der Waals surface area contributed by atoms with Crippen molar-refractivity contribution in [1.82, 2.24) is 5.32 Å². The molecule has 0 bridgehead atoms. The molecule has 0 fully saturated rings. The van der Waals surface area contributed by atoms with Crippen LogP contribution in [-0.4, -0.2) is 25.9 Å². The Kier molecular flexibility index (Phi) is 7.34. The standard InChI is InChI=1S/C24H19Cl3N3OPS/c25-24(26,27)22-30-23(31)29-21(33-22)20(16-28)32(17-10-4-1-5-11-17,18-12-6-2-7-13-18)19-14-8-3-9-15-19/h1-15,20,22,32H,(H,30,31). The van der Waals surface area contributed by atoms with E-state index in [0.29, 0.717) is 5.04 Å². The molecule has 0 saturated carbocycles. The van der Waals surface area contributed by atoms with Crippen molar-refractivity contribution in [3.8, 4) is 6.07 Å². The van der Waals surface area contributed by atoms with Gasteiger partial charge in [0.25, 0.3) is 0 Å². The van der Waals surface area contributed by atoms with Crippen LogP contribution in [0.2, 0.25) is 0 Å². The molecule has 0 spiro atoms. The number of alkyl halides is 3. The van der Waals surface area contributed by atoms with Gasteiger partial charge in [0.15, 0.2) is 0 Å². The van der Waals surface area contributed by atoms with Gasteiger partial charge in [0.2, 0.25) is 0 Å². The van der Waals surface area contributed by atoms with E-state index in [1.165, 1.54) is 0 Å². The van der Waals surface area contributed by atoms with Crippen molar-refractivity contribution in [2.45, 2.75) is 14.8 Å². The van der Waals surface area contributed by atoms with Gasteiger partial charge in [-0.05, 0) is 0 Å². The predicted octanol–water partition coefficient (Wildman–Crippen LogP) is 5.16. The number of nitrogens with zero attached hydrogens (tertiary/aromatic N) is 2. The molecule has 0 radical (unpaired) electrons. The van der Waals surface area contributed by atoms with Crippen LogP contribution in [0, 0.1) is 11.3 Å². The maximum atomic E-state index is 12.5. The molecule has 1 N–H and O–H groups in total. The summed E-state index contributed by atoms with van der Waals surface area (Å²) in [5.41, 5.74) is -0.740. The second kappa shape index (κ2) is 10.1. The number of halogens is 3. The van der Waals surface area contributed by atoms with Crippen molar-refractivity contribution >= 4 is 80.8 Å². The van der Waals surface area contributed by atoms with E-state index in [9.17, 15) is 10.1 Å². The zero-order valence-electron chi connectivity index (χ0n) is 17.2. The molecule has 33 heavy (non-hydrogen) atoms. The van der Waals surface area contributed by atoms with Crippen LogP contribution in [0.3, 0.4) is 0 Å². The third-order valence-electron chi connectivity index (χ3n) is 5.50. The zero-order valence-corrected chi connectivity index (χ0v) is 21.2.